The van der Waals surface area contributed by atoms with Crippen LogP contribution in [0.4, 0.5) is 17.1 Å². The van der Waals surface area contributed by atoms with E-state index in [1.807, 2.05) is 0 Å². The number of methoxy groups -OCH3 is 1. The molecule has 0 bridgehead atoms. The Morgan fingerprint density at radius 2 is 2.04 bits per heavy atom. The molecule has 1 N–H and O–H groups in total. The molecule has 1 unspecified atom stereocenters. The van der Waals surface area contributed by atoms with Gasteiger partial charge in [0.25, 0.3) is 5.69 Å². The highest BCUT2D eigenvalue weighted by molar-refractivity contribution is 6.04. The van der Waals surface area contributed by atoms with Gasteiger partial charge in [-0.15, -0.1) is 0 Å². The predicted molar refractivity (Wildman–Crippen MR) is 99.9 cm³/mol. The molecular weight excluding hydrogens is 350 g/mol. The van der Waals surface area contributed by atoms with Gasteiger partial charge in [-0.2, -0.15) is 0 Å². The summed E-state index contributed by atoms with van der Waals surface area (Å²) in [7, 11) is 1.54. The van der Waals surface area contributed by atoms with Crippen molar-refractivity contribution in [2.24, 2.45) is 5.92 Å². The number of hydrogen-bond acceptors (Lipinski definition) is 5. The number of carbonyl (C=O) groups is 2. The van der Waals surface area contributed by atoms with Gasteiger partial charge in [0.1, 0.15) is 11.4 Å². The minimum atomic E-state index is -0.595. The van der Waals surface area contributed by atoms with Crippen molar-refractivity contribution < 1.29 is 19.2 Å². The lowest BCUT2D eigenvalue weighted by atomic mass is 10.1. The Balaban J connectivity index is 1.78. The van der Waals surface area contributed by atoms with Gasteiger partial charge >= 0.3 is 0 Å². The Morgan fingerprint density at radius 3 is 2.74 bits per heavy atom. The van der Waals surface area contributed by atoms with Crippen molar-refractivity contribution in [2.75, 3.05) is 23.9 Å². The van der Waals surface area contributed by atoms with E-state index in [0.717, 1.165) is 0 Å². The summed E-state index contributed by atoms with van der Waals surface area (Å²) in [6, 6.07) is 11.6. The lowest BCUT2D eigenvalue weighted by Crippen LogP contribution is -2.28. The molecule has 0 aliphatic carbocycles. The Hall–Kier alpha value is -3.42. The molecule has 0 radical (unpaired) electrons. The Bertz CT molecular complexity index is 912. The Labute approximate surface area is 155 Å². The molecule has 1 saturated heterocycles. The largest absolute Gasteiger partial charge is 0.497 e. The van der Waals surface area contributed by atoms with E-state index in [0.29, 0.717) is 17.0 Å². The first-order chi connectivity index (χ1) is 12.9. The molecule has 8 nitrogen and oxygen atoms in total. The lowest BCUT2D eigenvalue weighted by Gasteiger charge is -2.17. The third kappa shape index (κ3) is 3.74. The van der Waals surface area contributed by atoms with Crippen LogP contribution in [0, 0.1) is 23.0 Å². The van der Waals surface area contributed by atoms with Crippen molar-refractivity contribution in [3.63, 3.8) is 0 Å². The van der Waals surface area contributed by atoms with E-state index in [-0.39, 0.29) is 30.2 Å². The summed E-state index contributed by atoms with van der Waals surface area (Å²) in [5, 5.41) is 13.8. The first-order valence-corrected chi connectivity index (χ1v) is 8.40. The topological polar surface area (TPSA) is 102 Å². The van der Waals surface area contributed by atoms with Gasteiger partial charge in [-0.05, 0) is 24.6 Å². The minimum absolute atomic E-state index is 0.0444. The molecule has 8 heteroatoms. The predicted octanol–water partition coefficient (Wildman–Crippen LogP) is 2.90. The monoisotopic (exact) mass is 369 g/mol. The zero-order chi connectivity index (χ0) is 19.6. The number of aryl methyl sites for hydroxylation is 1. The summed E-state index contributed by atoms with van der Waals surface area (Å²) in [6.07, 6.45) is 0.0444. The molecule has 0 saturated carbocycles. The van der Waals surface area contributed by atoms with E-state index >= 15 is 0 Å². The maximum absolute atomic E-state index is 12.7. The van der Waals surface area contributed by atoms with Gasteiger partial charge in [-0.25, -0.2) is 0 Å². The normalized spacial score (nSPS) is 16.3. The molecule has 1 aliphatic rings. The molecule has 1 atom stereocenters. The smallest absolute Gasteiger partial charge is 0.293 e. The second-order valence-electron chi connectivity index (χ2n) is 6.32. The fourth-order valence-electron chi connectivity index (χ4n) is 3.10. The van der Waals surface area contributed by atoms with E-state index in [1.165, 1.54) is 18.1 Å². The molecule has 1 aliphatic heterocycles. The molecule has 0 spiro atoms. The number of anilines is 2. The quantitative estimate of drug-likeness (QED) is 0.645. The van der Waals surface area contributed by atoms with Crippen LogP contribution in [-0.4, -0.2) is 30.4 Å². The highest BCUT2D eigenvalue weighted by Gasteiger charge is 2.36. The molecule has 3 rings (SSSR count). The average Bonchev–Trinajstić information content (AvgIpc) is 3.05. The minimum Gasteiger partial charge on any atom is -0.497 e. The molecule has 2 aromatic rings. The summed E-state index contributed by atoms with van der Waals surface area (Å²) < 4.78 is 5.17. The number of nitrogens with one attached hydrogen (secondary N) is 1. The van der Waals surface area contributed by atoms with Crippen LogP contribution in [0.15, 0.2) is 42.5 Å². The van der Waals surface area contributed by atoms with E-state index in [9.17, 15) is 19.7 Å². The number of hydrogen-bond donors (Lipinski definition) is 1. The van der Waals surface area contributed by atoms with E-state index < -0.39 is 16.7 Å². The van der Waals surface area contributed by atoms with Crippen LogP contribution in [0.2, 0.25) is 0 Å². The Kier molecular flexibility index (Phi) is 5.07. The summed E-state index contributed by atoms with van der Waals surface area (Å²) in [4.78, 5) is 37.2. The fraction of sp³-hybridized carbons (Fsp3) is 0.263. The van der Waals surface area contributed by atoms with Crippen molar-refractivity contribution in [2.45, 2.75) is 13.3 Å². The van der Waals surface area contributed by atoms with Crippen LogP contribution in [0.5, 0.6) is 5.75 Å². The van der Waals surface area contributed by atoms with Gasteiger partial charge in [0.15, 0.2) is 0 Å². The van der Waals surface area contributed by atoms with E-state index in [2.05, 4.69) is 5.32 Å². The van der Waals surface area contributed by atoms with Gasteiger partial charge in [0, 0.05) is 30.8 Å². The van der Waals surface area contributed by atoms with Crippen LogP contribution < -0.4 is 15.0 Å². The number of amides is 2. The van der Waals surface area contributed by atoms with Gasteiger partial charge in [-0.1, -0.05) is 18.2 Å². The van der Waals surface area contributed by atoms with Crippen LogP contribution in [0.3, 0.4) is 0 Å². The maximum Gasteiger partial charge on any atom is 0.293 e. The number of nitro groups is 1. The molecule has 1 heterocycles. The van der Waals surface area contributed by atoms with Gasteiger partial charge in [0.2, 0.25) is 11.8 Å². The number of nitrogens with zero attached hydrogens (tertiary/aromatic N) is 2. The number of nitro benzene ring substituents is 1. The number of ether oxygens (including phenoxy) is 1. The third-order valence-electron chi connectivity index (χ3n) is 4.56. The Morgan fingerprint density at radius 1 is 1.30 bits per heavy atom. The number of carbonyl (C=O) groups excluding carboxylic acids is 2. The second-order valence-corrected chi connectivity index (χ2v) is 6.32. The van der Waals surface area contributed by atoms with Crippen molar-refractivity contribution in [1.29, 1.82) is 0 Å². The summed E-state index contributed by atoms with van der Waals surface area (Å²) in [6.45, 7) is 1.89. The number of rotatable bonds is 5. The van der Waals surface area contributed by atoms with E-state index in [1.54, 1.807) is 43.3 Å². The lowest BCUT2D eigenvalue weighted by molar-refractivity contribution is -0.384. The molecule has 1 fully saturated rings. The number of para-hydroxylation sites is 1. The first-order valence-electron chi connectivity index (χ1n) is 8.40. The molecular formula is C19H19N3O5. The SMILES string of the molecule is COc1cccc(N2CC(C(=O)Nc3c(C)cccc3[N+](=O)[O-])CC2=O)c1. The number of benzene rings is 2. The van der Waals surface area contributed by atoms with Crippen molar-refractivity contribution in [3.05, 3.63) is 58.1 Å². The summed E-state index contributed by atoms with van der Waals surface area (Å²) in [5.41, 5.74) is 1.24. The average molecular weight is 369 g/mol. The van der Waals surface area contributed by atoms with Crippen LogP contribution in [0.25, 0.3) is 0 Å². The van der Waals surface area contributed by atoms with Crippen LogP contribution in [0.1, 0.15) is 12.0 Å². The van der Waals surface area contributed by atoms with Crippen molar-refractivity contribution in [3.8, 4) is 5.75 Å². The highest BCUT2D eigenvalue weighted by Crippen LogP contribution is 2.31. The second kappa shape index (κ2) is 7.45. The van der Waals surface area contributed by atoms with Crippen LogP contribution in [-0.2, 0) is 9.59 Å². The standard InChI is InChI=1S/C19H19N3O5/c1-12-5-3-8-16(22(25)26)18(12)20-19(24)13-9-17(23)21(11-13)14-6-4-7-15(10-14)27-2/h3-8,10,13H,9,11H2,1-2H3,(H,20,24). The highest BCUT2D eigenvalue weighted by atomic mass is 16.6. The zero-order valence-corrected chi connectivity index (χ0v) is 15.0. The maximum atomic E-state index is 12.7. The molecule has 2 aromatic carbocycles. The van der Waals surface area contributed by atoms with Gasteiger partial charge in [0.05, 0.1) is 18.0 Å². The van der Waals surface area contributed by atoms with Gasteiger partial charge < -0.3 is 15.0 Å². The van der Waals surface area contributed by atoms with E-state index in [4.69, 9.17) is 4.74 Å². The summed E-state index contributed by atoms with van der Waals surface area (Å²) >= 11 is 0. The molecule has 0 aromatic heterocycles. The summed E-state index contributed by atoms with van der Waals surface area (Å²) in [5.74, 6) is -0.569. The van der Waals surface area contributed by atoms with Gasteiger partial charge in [-0.3, -0.25) is 19.7 Å². The van der Waals surface area contributed by atoms with Crippen LogP contribution >= 0.6 is 0 Å². The third-order valence-corrected chi connectivity index (χ3v) is 4.56. The first kappa shape index (κ1) is 18.4. The molecule has 2 amide bonds. The van der Waals surface area contributed by atoms with Crippen molar-refractivity contribution in [1.82, 2.24) is 0 Å². The van der Waals surface area contributed by atoms with Crippen molar-refractivity contribution >= 4 is 28.9 Å². The molecule has 27 heavy (non-hydrogen) atoms. The zero-order valence-electron chi connectivity index (χ0n) is 15.0. The fourth-order valence-corrected chi connectivity index (χ4v) is 3.10. The molecule has 140 valence electrons.